The number of anilines is 1. The Kier molecular flexibility index (Phi) is 13.1. The number of hydrogen-bond donors (Lipinski definition) is 1. The maximum Gasteiger partial charge on any atom is 0.243 e. The number of carbonyl (C=O) groups is 2. The number of nitrogens with one attached hydrogen (secondary N) is 1. The van der Waals surface area contributed by atoms with Gasteiger partial charge in [-0.05, 0) is 74.2 Å². The SMILES string of the molecule is CCOc1ccc(N(CCCC(=O)N(Cc2cccc(OC)c2)[C@H](Cc2ccccc2)C(=O)N[C@H](C)CC)S(C)(=O)=O)cc1. The van der Waals surface area contributed by atoms with Gasteiger partial charge < -0.3 is 19.7 Å². The molecule has 10 heteroatoms. The van der Waals surface area contributed by atoms with Gasteiger partial charge in [0, 0.05) is 32.0 Å². The summed E-state index contributed by atoms with van der Waals surface area (Å²) in [6, 6.07) is 23.0. The first-order chi connectivity index (χ1) is 21.0. The molecule has 0 aliphatic carbocycles. The number of methoxy groups -OCH3 is 1. The number of ether oxygens (including phenoxy) is 2. The van der Waals surface area contributed by atoms with Crippen LogP contribution in [0.3, 0.4) is 0 Å². The van der Waals surface area contributed by atoms with Gasteiger partial charge in [-0.2, -0.15) is 0 Å². The summed E-state index contributed by atoms with van der Waals surface area (Å²) in [6.07, 6.45) is 2.55. The predicted molar refractivity (Wildman–Crippen MR) is 174 cm³/mol. The lowest BCUT2D eigenvalue weighted by atomic mass is 10.0. The van der Waals surface area contributed by atoms with E-state index in [0.29, 0.717) is 30.2 Å². The minimum atomic E-state index is -3.61. The van der Waals surface area contributed by atoms with Crippen molar-refractivity contribution in [1.29, 1.82) is 0 Å². The lowest BCUT2D eigenvalue weighted by molar-refractivity contribution is -0.141. The van der Waals surface area contributed by atoms with Crippen molar-refractivity contribution in [3.05, 3.63) is 90.0 Å². The number of hydrogen-bond acceptors (Lipinski definition) is 6. The highest BCUT2D eigenvalue weighted by molar-refractivity contribution is 7.92. The van der Waals surface area contributed by atoms with Crippen molar-refractivity contribution in [2.24, 2.45) is 0 Å². The maximum atomic E-state index is 14.0. The zero-order valence-electron chi connectivity index (χ0n) is 26.4. The Labute approximate surface area is 262 Å². The van der Waals surface area contributed by atoms with E-state index in [1.807, 2.05) is 75.4 Å². The van der Waals surface area contributed by atoms with Gasteiger partial charge in [0.25, 0.3) is 0 Å². The third kappa shape index (κ3) is 10.3. The van der Waals surface area contributed by atoms with E-state index >= 15 is 0 Å². The molecule has 238 valence electrons. The lowest BCUT2D eigenvalue weighted by Crippen LogP contribution is -2.52. The van der Waals surface area contributed by atoms with Crippen LogP contribution in [0.4, 0.5) is 5.69 Å². The molecule has 0 aliphatic rings. The van der Waals surface area contributed by atoms with Gasteiger partial charge in [0.2, 0.25) is 21.8 Å². The molecule has 2 amide bonds. The van der Waals surface area contributed by atoms with E-state index in [4.69, 9.17) is 9.47 Å². The molecule has 3 aromatic rings. The molecule has 0 saturated heterocycles. The fourth-order valence-corrected chi connectivity index (χ4v) is 5.81. The first kappa shape index (κ1) is 34.4. The van der Waals surface area contributed by atoms with Crippen molar-refractivity contribution < 1.29 is 27.5 Å². The highest BCUT2D eigenvalue weighted by Crippen LogP contribution is 2.23. The highest BCUT2D eigenvalue weighted by atomic mass is 32.2. The van der Waals surface area contributed by atoms with Gasteiger partial charge in [0.05, 0.1) is 25.7 Å². The molecule has 44 heavy (non-hydrogen) atoms. The molecule has 0 aromatic heterocycles. The fourth-order valence-electron chi connectivity index (χ4n) is 4.84. The van der Waals surface area contributed by atoms with E-state index in [1.54, 1.807) is 36.3 Å². The van der Waals surface area contributed by atoms with E-state index in [9.17, 15) is 18.0 Å². The Morgan fingerprint density at radius 3 is 2.20 bits per heavy atom. The summed E-state index contributed by atoms with van der Waals surface area (Å²) in [5, 5.41) is 3.07. The fraction of sp³-hybridized carbons (Fsp3) is 0.412. The highest BCUT2D eigenvalue weighted by Gasteiger charge is 2.31. The van der Waals surface area contributed by atoms with Crippen molar-refractivity contribution in [3.8, 4) is 11.5 Å². The molecular formula is C34H45N3O6S. The molecule has 2 atom stereocenters. The van der Waals surface area contributed by atoms with Crippen LogP contribution in [0.25, 0.3) is 0 Å². The smallest absolute Gasteiger partial charge is 0.243 e. The largest absolute Gasteiger partial charge is 0.497 e. The second-order valence-electron chi connectivity index (χ2n) is 10.8. The van der Waals surface area contributed by atoms with Crippen molar-refractivity contribution in [3.63, 3.8) is 0 Å². The van der Waals surface area contributed by atoms with Crippen molar-refractivity contribution in [1.82, 2.24) is 10.2 Å². The number of sulfonamides is 1. The van der Waals surface area contributed by atoms with Gasteiger partial charge in [-0.1, -0.05) is 49.4 Å². The van der Waals surface area contributed by atoms with Gasteiger partial charge in [0.15, 0.2) is 0 Å². The van der Waals surface area contributed by atoms with Crippen LogP contribution < -0.4 is 19.1 Å². The summed E-state index contributed by atoms with van der Waals surface area (Å²) < 4.78 is 37.6. The first-order valence-electron chi connectivity index (χ1n) is 15.0. The monoisotopic (exact) mass is 623 g/mol. The minimum Gasteiger partial charge on any atom is -0.497 e. The summed E-state index contributed by atoms with van der Waals surface area (Å²) in [4.78, 5) is 29.3. The second-order valence-corrected chi connectivity index (χ2v) is 12.7. The summed E-state index contributed by atoms with van der Waals surface area (Å²) in [5.74, 6) is 0.825. The predicted octanol–water partition coefficient (Wildman–Crippen LogP) is 5.19. The molecular weight excluding hydrogens is 578 g/mol. The molecule has 0 radical (unpaired) electrons. The minimum absolute atomic E-state index is 0.0505. The molecule has 0 spiro atoms. The van der Waals surface area contributed by atoms with Crippen LogP contribution in [0.15, 0.2) is 78.9 Å². The summed E-state index contributed by atoms with van der Waals surface area (Å²) in [5.41, 5.74) is 2.24. The topological polar surface area (TPSA) is 105 Å². The molecule has 1 N–H and O–H groups in total. The second kappa shape index (κ2) is 16.7. The number of amides is 2. The normalized spacial score (nSPS) is 12.6. The summed E-state index contributed by atoms with van der Waals surface area (Å²) in [7, 11) is -2.03. The molecule has 0 aliphatic heterocycles. The van der Waals surface area contributed by atoms with Crippen molar-refractivity contribution in [2.75, 3.05) is 30.8 Å². The van der Waals surface area contributed by atoms with Gasteiger partial charge in [-0.25, -0.2) is 8.42 Å². The third-order valence-corrected chi connectivity index (χ3v) is 8.54. The van der Waals surface area contributed by atoms with Crippen LogP contribution in [-0.4, -0.2) is 63.7 Å². The van der Waals surface area contributed by atoms with Crippen LogP contribution in [0.1, 0.15) is 51.2 Å². The average molecular weight is 624 g/mol. The quantitative estimate of drug-likeness (QED) is 0.222. The van der Waals surface area contributed by atoms with Gasteiger partial charge >= 0.3 is 0 Å². The van der Waals surface area contributed by atoms with E-state index in [-0.39, 0.29) is 43.8 Å². The summed E-state index contributed by atoms with van der Waals surface area (Å²) >= 11 is 0. The van der Waals surface area contributed by atoms with E-state index in [2.05, 4.69) is 5.32 Å². The first-order valence-corrected chi connectivity index (χ1v) is 16.9. The molecule has 0 unspecified atom stereocenters. The maximum absolute atomic E-state index is 14.0. The van der Waals surface area contributed by atoms with Crippen molar-refractivity contribution in [2.45, 2.75) is 65.1 Å². The van der Waals surface area contributed by atoms with Gasteiger partial charge in [0.1, 0.15) is 17.5 Å². The number of carbonyl (C=O) groups excluding carboxylic acids is 2. The van der Waals surface area contributed by atoms with E-state index in [1.165, 1.54) is 4.31 Å². The molecule has 3 aromatic carbocycles. The van der Waals surface area contributed by atoms with Crippen LogP contribution in [0, 0.1) is 0 Å². The standard InChI is InChI=1S/C34H45N3O6S/c1-6-26(3)35-34(39)32(24-27-13-9-8-10-14-27)36(25-28-15-11-16-31(23-28)42-4)33(38)17-12-22-37(44(5,40)41)29-18-20-30(21-19-29)43-7-2/h8-11,13-16,18-21,23,26,32H,6-7,12,17,22,24-25H2,1-5H3,(H,35,39)/t26-,32-/m1/s1. The number of benzene rings is 3. The van der Waals surface area contributed by atoms with E-state index < -0.39 is 16.1 Å². The molecule has 9 nitrogen and oxygen atoms in total. The average Bonchev–Trinajstić information content (AvgIpc) is 3.01. The van der Waals surface area contributed by atoms with Gasteiger partial charge in [-0.15, -0.1) is 0 Å². The van der Waals surface area contributed by atoms with Crippen molar-refractivity contribution >= 4 is 27.5 Å². The Balaban J connectivity index is 1.89. The summed E-state index contributed by atoms with van der Waals surface area (Å²) in [6.45, 7) is 6.61. The zero-order valence-corrected chi connectivity index (χ0v) is 27.2. The Morgan fingerprint density at radius 1 is 0.909 bits per heavy atom. The lowest BCUT2D eigenvalue weighted by Gasteiger charge is -2.33. The van der Waals surface area contributed by atoms with Crippen LogP contribution >= 0.6 is 0 Å². The van der Waals surface area contributed by atoms with E-state index in [0.717, 1.165) is 23.8 Å². The Hall–Kier alpha value is -4.05. The molecule has 0 heterocycles. The van der Waals surface area contributed by atoms with Crippen LogP contribution in [0.2, 0.25) is 0 Å². The zero-order chi connectivity index (χ0) is 32.1. The molecule has 0 saturated carbocycles. The number of nitrogens with zero attached hydrogens (tertiary/aromatic N) is 2. The Bertz CT molecular complexity index is 1450. The number of rotatable bonds is 17. The third-order valence-electron chi connectivity index (χ3n) is 7.35. The molecule has 3 rings (SSSR count). The Morgan fingerprint density at radius 2 is 1.59 bits per heavy atom. The molecule has 0 fully saturated rings. The molecule has 0 bridgehead atoms. The van der Waals surface area contributed by atoms with Gasteiger partial charge in [-0.3, -0.25) is 13.9 Å². The van der Waals surface area contributed by atoms with Crippen LogP contribution in [0.5, 0.6) is 11.5 Å². The van der Waals surface area contributed by atoms with Crippen LogP contribution in [-0.2, 0) is 32.6 Å².